The van der Waals surface area contributed by atoms with Crippen LogP contribution in [0.5, 0.6) is 0 Å². The van der Waals surface area contributed by atoms with E-state index in [1.807, 2.05) is 0 Å². The number of nitrogens with two attached hydrogens (primary N) is 1. The van der Waals surface area contributed by atoms with Crippen LogP contribution in [0.25, 0.3) is 0 Å². The van der Waals surface area contributed by atoms with Crippen molar-refractivity contribution in [1.82, 2.24) is 4.72 Å². The molecule has 0 saturated heterocycles. The van der Waals surface area contributed by atoms with Gasteiger partial charge in [0.2, 0.25) is 10.0 Å². The predicted molar refractivity (Wildman–Crippen MR) is 76.5 cm³/mol. The van der Waals surface area contributed by atoms with Gasteiger partial charge in [-0.1, -0.05) is 0 Å². The SMILES string of the molecule is Cc1cc(NN)cc(C)c1S(=O)(=O)NCc1ccco1. The van der Waals surface area contributed by atoms with E-state index in [2.05, 4.69) is 10.1 Å². The zero-order valence-electron chi connectivity index (χ0n) is 11.3. The van der Waals surface area contributed by atoms with Gasteiger partial charge in [-0.2, -0.15) is 0 Å². The zero-order chi connectivity index (χ0) is 14.8. The summed E-state index contributed by atoms with van der Waals surface area (Å²) in [6, 6.07) is 6.80. The van der Waals surface area contributed by atoms with Gasteiger partial charge in [-0.05, 0) is 49.2 Å². The van der Waals surface area contributed by atoms with Crippen LogP contribution in [0.1, 0.15) is 16.9 Å². The normalized spacial score (nSPS) is 11.6. The second-order valence-electron chi connectivity index (χ2n) is 4.49. The highest BCUT2D eigenvalue weighted by molar-refractivity contribution is 7.89. The van der Waals surface area contributed by atoms with E-state index in [0.717, 1.165) is 0 Å². The number of nitrogens with one attached hydrogen (secondary N) is 2. The van der Waals surface area contributed by atoms with Gasteiger partial charge in [0.25, 0.3) is 0 Å². The quantitative estimate of drug-likeness (QED) is 0.576. The van der Waals surface area contributed by atoms with Crippen molar-refractivity contribution in [3.63, 3.8) is 0 Å². The number of rotatable bonds is 5. The van der Waals surface area contributed by atoms with Crippen LogP contribution in [0.15, 0.2) is 39.8 Å². The summed E-state index contributed by atoms with van der Waals surface area (Å²) >= 11 is 0. The van der Waals surface area contributed by atoms with E-state index in [0.29, 0.717) is 22.6 Å². The molecule has 0 saturated carbocycles. The molecular formula is C13H17N3O3S. The van der Waals surface area contributed by atoms with E-state index < -0.39 is 10.0 Å². The first-order chi connectivity index (χ1) is 9.44. The molecule has 4 N–H and O–H groups in total. The molecule has 1 heterocycles. The molecular weight excluding hydrogens is 278 g/mol. The molecule has 2 aromatic rings. The maximum Gasteiger partial charge on any atom is 0.241 e. The van der Waals surface area contributed by atoms with Crippen LogP contribution in [0, 0.1) is 13.8 Å². The minimum Gasteiger partial charge on any atom is -0.468 e. The summed E-state index contributed by atoms with van der Waals surface area (Å²) in [4.78, 5) is 0.267. The second kappa shape index (κ2) is 5.66. The third-order valence-corrected chi connectivity index (χ3v) is 4.62. The lowest BCUT2D eigenvalue weighted by molar-refractivity contribution is 0.498. The molecule has 2 rings (SSSR count). The fourth-order valence-corrected chi connectivity index (χ4v) is 3.55. The van der Waals surface area contributed by atoms with Gasteiger partial charge in [0.15, 0.2) is 0 Å². The first-order valence-corrected chi connectivity index (χ1v) is 7.52. The van der Waals surface area contributed by atoms with Crippen LogP contribution >= 0.6 is 0 Å². The summed E-state index contributed by atoms with van der Waals surface area (Å²) in [7, 11) is -3.60. The molecule has 0 aliphatic rings. The molecule has 0 spiro atoms. The van der Waals surface area contributed by atoms with E-state index in [9.17, 15) is 8.42 Å². The Hall–Kier alpha value is -1.83. The summed E-state index contributed by atoms with van der Waals surface area (Å²) in [6.45, 7) is 3.58. The van der Waals surface area contributed by atoms with Crippen LogP contribution in [-0.4, -0.2) is 8.42 Å². The van der Waals surface area contributed by atoms with Crippen molar-refractivity contribution in [2.45, 2.75) is 25.3 Å². The Bertz CT molecular complexity index is 671. The van der Waals surface area contributed by atoms with Crippen molar-refractivity contribution in [2.75, 3.05) is 5.43 Å². The number of hydrogen-bond acceptors (Lipinski definition) is 5. The Morgan fingerprint density at radius 1 is 1.25 bits per heavy atom. The summed E-state index contributed by atoms with van der Waals surface area (Å²) in [5.41, 5.74) is 4.44. The summed E-state index contributed by atoms with van der Waals surface area (Å²) < 4.78 is 32.4. The molecule has 0 aliphatic heterocycles. The van der Waals surface area contributed by atoms with Gasteiger partial charge < -0.3 is 9.84 Å². The van der Waals surface area contributed by atoms with Crippen molar-refractivity contribution in [1.29, 1.82) is 0 Å². The lowest BCUT2D eigenvalue weighted by Gasteiger charge is -2.13. The molecule has 20 heavy (non-hydrogen) atoms. The molecule has 0 amide bonds. The van der Waals surface area contributed by atoms with Crippen LogP contribution in [0.4, 0.5) is 5.69 Å². The van der Waals surface area contributed by atoms with Crippen molar-refractivity contribution in [2.24, 2.45) is 5.84 Å². The Balaban J connectivity index is 2.29. The highest BCUT2D eigenvalue weighted by Crippen LogP contribution is 2.24. The number of sulfonamides is 1. The number of nitrogen functional groups attached to an aromatic ring is 1. The average molecular weight is 295 g/mol. The molecule has 0 aliphatic carbocycles. The molecule has 0 radical (unpaired) electrons. The fourth-order valence-electron chi connectivity index (χ4n) is 2.11. The van der Waals surface area contributed by atoms with Gasteiger partial charge in [-0.25, -0.2) is 13.1 Å². The molecule has 1 aromatic heterocycles. The molecule has 0 unspecified atom stereocenters. The maximum absolute atomic E-state index is 12.4. The molecule has 108 valence electrons. The van der Waals surface area contributed by atoms with Crippen molar-refractivity contribution in [3.8, 4) is 0 Å². The van der Waals surface area contributed by atoms with Crippen molar-refractivity contribution < 1.29 is 12.8 Å². The van der Waals surface area contributed by atoms with Gasteiger partial charge in [0.05, 0.1) is 17.7 Å². The third kappa shape index (κ3) is 3.01. The highest BCUT2D eigenvalue weighted by Gasteiger charge is 2.20. The molecule has 6 nitrogen and oxygen atoms in total. The Kier molecular flexibility index (Phi) is 4.12. The van der Waals surface area contributed by atoms with Gasteiger partial charge in [-0.3, -0.25) is 5.84 Å². The number of anilines is 1. The van der Waals surface area contributed by atoms with Gasteiger partial charge in [-0.15, -0.1) is 0 Å². The summed E-state index contributed by atoms with van der Waals surface area (Å²) in [5.74, 6) is 5.90. The van der Waals surface area contributed by atoms with E-state index in [1.54, 1.807) is 38.1 Å². The third-order valence-electron chi connectivity index (χ3n) is 2.91. The van der Waals surface area contributed by atoms with E-state index in [4.69, 9.17) is 10.3 Å². The smallest absolute Gasteiger partial charge is 0.241 e. The largest absolute Gasteiger partial charge is 0.468 e. The minimum absolute atomic E-state index is 0.116. The highest BCUT2D eigenvalue weighted by atomic mass is 32.2. The topological polar surface area (TPSA) is 97.4 Å². The van der Waals surface area contributed by atoms with E-state index in [1.165, 1.54) is 6.26 Å². The summed E-state index contributed by atoms with van der Waals surface area (Å²) in [6.07, 6.45) is 1.50. The molecule has 1 aromatic carbocycles. The van der Waals surface area contributed by atoms with Crippen LogP contribution in [-0.2, 0) is 16.6 Å². The average Bonchev–Trinajstić information content (AvgIpc) is 2.88. The van der Waals surface area contributed by atoms with Gasteiger partial charge in [0.1, 0.15) is 5.76 Å². The molecule has 0 atom stereocenters. The molecule has 0 bridgehead atoms. The van der Waals surface area contributed by atoms with Crippen LogP contribution < -0.4 is 16.0 Å². The van der Waals surface area contributed by atoms with Crippen molar-refractivity contribution in [3.05, 3.63) is 47.4 Å². The van der Waals surface area contributed by atoms with E-state index in [-0.39, 0.29) is 11.4 Å². The molecule has 0 fully saturated rings. The minimum atomic E-state index is -3.60. The number of hydrazine groups is 1. The lowest BCUT2D eigenvalue weighted by atomic mass is 10.1. The lowest BCUT2D eigenvalue weighted by Crippen LogP contribution is -2.25. The monoisotopic (exact) mass is 295 g/mol. The van der Waals surface area contributed by atoms with Crippen molar-refractivity contribution >= 4 is 15.7 Å². The fraction of sp³-hybridized carbons (Fsp3) is 0.231. The molecule has 7 heteroatoms. The zero-order valence-corrected chi connectivity index (χ0v) is 12.1. The first kappa shape index (κ1) is 14.6. The summed E-state index contributed by atoms with van der Waals surface area (Å²) in [5, 5.41) is 0. The Morgan fingerprint density at radius 3 is 2.40 bits per heavy atom. The van der Waals surface area contributed by atoms with Gasteiger partial charge >= 0.3 is 0 Å². The number of furan rings is 1. The van der Waals surface area contributed by atoms with E-state index >= 15 is 0 Å². The first-order valence-electron chi connectivity index (χ1n) is 6.04. The van der Waals surface area contributed by atoms with Crippen LogP contribution in [0.3, 0.4) is 0 Å². The number of aryl methyl sites for hydroxylation is 2. The predicted octanol–water partition coefficient (Wildman–Crippen LogP) is 1.66. The maximum atomic E-state index is 12.4. The Morgan fingerprint density at radius 2 is 1.90 bits per heavy atom. The Labute approximate surface area is 118 Å². The van der Waals surface area contributed by atoms with Crippen LogP contribution in [0.2, 0.25) is 0 Å². The standard InChI is InChI=1S/C13H17N3O3S/c1-9-6-11(16-14)7-10(2)13(9)20(17,18)15-8-12-4-3-5-19-12/h3-7,15-16H,8,14H2,1-2H3. The number of benzene rings is 1. The second-order valence-corrected chi connectivity index (χ2v) is 6.19. The number of hydrogen-bond donors (Lipinski definition) is 3. The van der Waals surface area contributed by atoms with Gasteiger partial charge in [0, 0.05) is 5.69 Å².